The van der Waals surface area contributed by atoms with Gasteiger partial charge in [0, 0.05) is 12.1 Å². The van der Waals surface area contributed by atoms with E-state index in [2.05, 4.69) is 5.10 Å². The molecule has 1 heterocycles. The fourth-order valence-electron chi connectivity index (χ4n) is 1.73. The molecule has 0 saturated heterocycles. The highest BCUT2D eigenvalue weighted by Gasteiger charge is 2.37. The van der Waals surface area contributed by atoms with Gasteiger partial charge in [0.25, 0.3) is 0 Å². The lowest BCUT2D eigenvalue weighted by atomic mass is 9.86. The third kappa shape index (κ3) is 3.99. The van der Waals surface area contributed by atoms with Crippen LogP contribution >= 0.6 is 0 Å². The number of aromatic nitrogens is 2. The standard InChI is InChI=1S/C12H13F3N4/c1-9-5-10(2)19(18-9)8-11(6-16,7-17)3-4-12(13,14)15/h5H,3-4,8H2,1-2H3. The molecule has 0 atom stereocenters. The number of hydrogen-bond acceptors (Lipinski definition) is 3. The number of halogens is 3. The Morgan fingerprint density at radius 2 is 1.79 bits per heavy atom. The third-order valence-corrected chi connectivity index (χ3v) is 2.79. The summed E-state index contributed by atoms with van der Waals surface area (Å²) in [5.41, 5.74) is -0.309. The first-order chi connectivity index (χ1) is 8.71. The Hall–Kier alpha value is -2.02. The zero-order valence-corrected chi connectivity index (χ0v) is 10.6. The maximum Gasteiger partial charge on any atom is 0.389 e. The van der Waals surface area contributed by atoms with Crippen molar-refractivity contribution >= 4 is 0 Å². The second kappa shape index (κ2) is 5.31. The molecule has 0 radical (unpaired) electrons. The SMILES string of the molecule is Cc1cc(C)n(CC(C#N)(C#N)CCC(F)(F)F)n1. The van der Waals surface area contributed by atoms with Crippen LogP contribution in [0.2, 0.25) is 0 Å². The van der Waals surface area contributed by atoms with E-state index in [1.165, 1.54) is 4.68 Å². The molecule has 19 heavy (non-hydrogen) atoms. The van der Waals surface area contributed by atoms with Crippen molar-refractivity contribution in [3.8, 4) is 12.1 Å². The van der Waals surface area contributed by atoms with Gasteiger partial charge in [-0.2, -0.15) is 28.8 Å². The highest BCUT2D eigenvalue weighted by atomic mass is 19.4. The number of nitrogens with zero attached hydrogens (tertiary/aromatic N) is 4. The first-order valence-corrected chi connectivity index (χ1v) is 5.62. The highest BCUT2D eigenvalue weighted by molar-refractivity contribution is 5.15. The van der Waals surface area contributed by atoms with Crippen LogP contribution in [0.4, 0.5) is 13.2 Å². The van der Waals surface area contributed by atoms with Crippen molar-refractivity contribution in [1.82, 2.24) is 9.78 Å². The lowest BCUT2D eigenvalue weighted by Gasteiger charge is -2.20. The molecule has 7 heteroatoms. The molecule has 0 spiro atoms. The van der Waals surface area contributed by atoms with Crippen molar-refractivity contribution in [2.75, 3.05) is 0 Å². The van der Waals surface area contributed by atoms with E-state index >= 15 is 0 Å². The van der Waals surface area contributed by atoms with Crippen LogP contribution in [-0.4, -0.2) is 16.0 Å². The maximum atomic E-state index is 12.2. The Kier molecular flexibility index (Phi) is 4.21. The summed E-state index contributed by atoms with van der Waals surface area (Å²) >= 11 is 0. The van der Waals surface area contributed by atoms with E-state index in [0.717, 1.165) is 0 Å². The fraction of sp³-hybridized carbons (Fsp3) is 0.583. The van der Waals surface area contributed by atoms with Crippen molar-refractivity contribution in [3.63, 3.8) is 0 Å². The van der Waals surface area contributed by atoms with Crippen molar-refractivity contribution in [3.05, 3.63) is 17.5 Å². The third-order valence-electron chi connectivity index (χ3n) is 2.79. The minimum Gasteiger partial charge on any atom is -0.267 e. The maximum absolute atomic E-state index is 12.2. The smallest absolute Gasteiger partial charge is 0.267 e. The van der Waals surface area contributed by atoms with Gasteiger partial charge < -0.3 is 0 Å². The zero-order valence-electron chi connectivity index (χ0n) is 10.6. The van der Waals surface area contributed by atoms with Gasteiger partial charge in [-0.05, 0) is 26.3 Å². The van der Waals surface area contributed by atoms with Crippen molar-refractivity contribution in [1.29, 1.82) is 10.5 Å². The van der Waals surface area contributed by atoms with E-state index in [4.69, 9.17) is 10.5 Å². The normalized spacial score (nSPS) is 11.9. The minimum atomic E-state index is -4.38. The summed E-state index contributed by atoms with van der Waals surface area (Å²) in [4.78, 5) is 0. The summed E-state index contributed by atoms with van der Waals surface area (Å²) in [5, 5.41) is 22.2. The fourth-order valence-corrected chi connectivity index (χ4v) is 1.73. The summed E-state index contributed by atoms with van der Waals surface area (Å²) in [6, 6.07) is 5.14. The van der Waals surface area contributed by atoms with E-state index < -0.39 is 24.4 Å². The molecular weight excluding hydrogens is 257 g/mol. The van der Waals surface area contributed by atoms with Crippen LogP contribution in [0.5, 0.6) is 0 Å². The number of rotatable bonds is 4. The molecule has 1 aromatic rings. The molecule has 102 valence electrons. The number of nitriles is 2. The number of hydrogen-bond donors (Lipinski definition) is 0. The summed E-state index contributed by atoms with van der Waals surface area (Å²) in [5.74, 6) is 0. The first-order valence-electron chi connectivity index (χ1n) is 5.62. The predicted octanol–water partition coefficient (Wildman–Crippen LogP) is 2.88. The van der Waals surface area contributed by atoms with E-state index in [0.29, 0.717) is 11.4 Å². The van der Waals surface area contributed by atoms with Gasteiger partial charge in [-0.3, -0.25) is 4.68 Å². The number of alkyl halides is 3. The van der Waals surface area contributed by atoms with Gasteiger partial charge in [0.05, 0.1) is 24.4 Å². The molecule has 0 amide bonds. The van der Waals surface area contributed by atoms with Crippen molar-refractivity contribution in [2.45, 2.75) is 39.4 Å². The Morgan fingerprint density at radius 3 is 2.16 bits per heavy atom. The van der Waals surface area contributed by atoms with E-state index in [1.54, 1.807) is 32.1 Å². The average molecular weight is 270 g/mol. The predicted molar refractivity (Wildman–Crippen MR) is 60.6 cm³/mol. The Morgan fingerprint density at radius 1 is 1.21 bits per heavy atom. The Balaban J connectivity index is 2.93. The monoisotopic (exact) mass is 270 g/mol. The van der Waals surface area contributed by atoms with Gasteiger partial charge in [-0.1, -0.05) is 0 Å². The van der Waals surface area contributed by atoms with Crippen LogP contribution < -0.4 is 0 Å². The van der Waals surface area contributed by atoms with Crippen molar-refractivity contribution in [2.24, 2.45) is 5.41 Å². The first kappa shape index (κ1) is 15.0. The average Bonchev–Trinajstić information content (AvgIpc) is 2.62. The minimum absolute atomic E-state index is 0.157. The highest BCUT2D eigenvalue weighted by Crippen LogP contribution is 2.31. The summed E-state index contributed by atoms with van der Waals surface area (Å²) in [6.45, 7) is 3.30. The lowest BCUT2D eigenvalue weighted by molar-refractivity contribution is -0.138. The van der Waals surface area contributed by atoms with Gasteiger partial charge in [0.2, 0.25) is 0 Å². The summed E-state index contributed by atoms with van der Waals surface area (Å²) < 4.78 is 38.1. The molecule has 0 aromatic carbocycles. The quantitative estimate of drug-likeness (QED) is 0.844. The molecule has 0 aliphatic rings. The van der Waals surface area contributed by atoms with Crippen LogP contribution in [-0.2, 0) is 6.54 Å². The molecule has 0 unspecified atom stereocenters. The molecule has 0 fully saturated rings. The van der Waals surface area contributed by atoms with Crippen molar-refractivity contribution < 1.29 is 13.2 Å². The van der Waals surface area contributed by atoms with Crippen LogP contribution in [0, 0.1) is 41.9 Å². The molecular formula is C12H13F3N4. The molecule has 1 aromatic heterocycles. The second-order valence-electron chi connectivity index (χ2n) is 4.51. The van der Waals surface area contributed by atoms with Crippen LogP contribution in [0.25, 0.3) is 0 Å². The van der Waals surface area contributed by atoms with E-state index in [9.17, 15) is 13.2 Å². The van der Waals surface area contributed by atoms with Crippen LogP contribution in [0.1, 0.15) is 24.2 Å². The molecule has 1 rings (SSSR count). The van der Waals surface area contributed by atoms with Gasteiger partial charge in [-0.15, -0.1) is 0 Å². The number of aryl methyl sites for hydroxylation is 2. The molecule has 0 aliphatic carbocycles. The molecule has 0 saturated carbocycles. The Labute approximate surface area is 109 Å². The molecule has 0 aliphatic heterocycles. The lowest BCUT2D eigenvalue weighted by Crippen LogP contribution is -2.27. The zero-order chi connectivity index (χ0) is 14.7. The second-order valence-corrected chi connectivity index (χ2v) is 4.51. The molecule has 0 bridgehead atoms. The van der Waals surface area contributed by atoms with Crippen LogP contribution in [0.3, 0.4) is 0 Å². The van der Waals surface area contributed by atoms with Gasteiger partial charge >= 0.3 is 6.18 Å². The van der Waals surface area contributed by atoms with Crippen LogP contribution in [0.15, 0.2) is 6.07 Å². The van der Waals surface area contributed by atoms with Gasteiger partial charge in [-0.25, -0.2) is 0 Å². The molecule has 4 nitrogen and oxygen atoms in total. The van der Waals surface area contributed by atoms with E-state index in [-0.39, 0.29) is 6.54 Å². The molecule has 0 N–H and O–H groups in total. The van der Waals surface area contributed by atoms with Gasteiger partial charge in [0.15, 0.2) is 5.41 Å². The summed E-state index contributed by atoms with van der Waals surface area (Å²) in [6.07, 6.45) is -6.09. The van der Waals surface area contributed by atoms with E-state index in [1.807, 2.05) is 0 Å². The van der Waals surface area contributed by atoms with Gasteiger partial charge in [0.1, 0.15) is 0 Å². The largest absolute Gasteiger partial charge is 0.389 e. The Bertz CT molecular complexity index is 517. The summed E-state index contributed by atoms with van der Waals surface area (Å²) in [7, 11) is 0. The topological polar surface area (TPSA) is 65.4 Å².